The monoisotopic (exact) mass is 1250 g/mol. The first-order valence-corrected chi connectivity index (χ1v) is 29.1. The Kier molecular flexibility index (Phi) is 42.6. The van der Waals surface area contributed by atoms with E-state index in [-0.39, 0.29) is 68.0 Å². The molecule has 0 bridgehead atoms. The van der Waals surface area contributed by atoms with Gasteiger partial charge in [0.25, 0.3) is 11.8 Å². The van der Waals surface area contributed by atoms with Crippen LogP contribution in [0, 0.1) is 0 Å². The quantitative estimate of drug-likeness (QED) is 0.0151. The van der Waals surface area contributed by atoms with Gasteiger partial charge in [-0.05, 0) is 42.8 Å². The van der Waals surface area contributed by atoms with Gasteiger partial charge in [-0.1, -0.05) is 12.1 Å². The second kappa shape index (κ2) is 49.9. The van der Waals surface area contributed by atoms with Crippen molar-refractivity contribution in [1.29, 1.82) is 0 Å². The Balaban J connectivity index is 0.976. The molecule has 1 aliphatic rings. The Morgan fingerprint density at radius 2 is 0.943 bits per heavy atom. The summed E-state index contributed by atoms with van der Waals surface area (Å²) >= 11 is 0. The smallest absolute Gasteiger partial charge is 0.305 e. The van der Waals surface area contributed by atoms with Gasteiger partial charge in [0.05, 0.1) is 177 Å². The van der Waals surface area contributed by atoms with E-state index in [1.54, 1.807) is 42.5 Å². The minimum absolute atomic E-state index is 0.0361. The summed E-state index contributed by atoms with van der Waals surface area (Å²) in [7, 11) is 0. The number of nitrogens with two attached hydrogens (primary N) is 2. The molecule has 2 aromatic rings. The number of hydrogen-bond donors (Lipinski definition) is 7. The fourth-order valence-electron chi connectivity index (χ4n) is 7.26. The third-order valence-corrected chi connectivity index (χ3v) is 11.7. The molecule has 3 rings (SSSR count). The van der Waals surface area contributed by atoms with Crippen LogP contribution in [0.4, 0.5) is 11.4 Å². The lowest BCUT2D eigenvalue weighted by molar-refractivity contribution is -0.140. The van der Waals surface area contributed by atoms with Crippen LogP contribution >= 0.6 is 0 Å². The minimum atomic E-state index is -1.41. The number of guanidine groups is 1. The number of benzene rings is 2. The second-order valence-corrected chi connectivity index (χ2v) is 18.7. The van der Waals surface area contributed by atoms with E-state index in [1.807, 2.05) is 0 Å². The molecule has 0 saturated heterocycles. The lowest BCUT2D eigenvalue weighted by Crippen LogP contribution is -2.45. The summed E-state index contributed by atoms with van der Waals surface area (Å²) in [5.74, 6) is -4.06. The summed E-state index contributed by atoms with van der Waals surface area (Å²) in [6.07, 6.45) is 1.94. The fourth-order valence-corrected chi connectivity index (χ4v) is 7.26. The van der Waals surface area contributed by atoms with Crippen molar-refractivity contribution in [3.63, 3.8) is 0 Å². The number of carboxylic acid groups (broad SMARTS) is 1. The van der Waals surface area contributed by atoms with Crippen LogP contribution in [0.15, 0.2) is 65.7 Å². The molecule has 0 fully saturated rings. The maximum absolute atomic E-state index is 13.0. The van der Waals surface area contributed by atoms with E-state index in [2.05, 4.69) is 26.3 Å². The van der Waals surface area contributed by atoms with E-state index >= 15 is 0 Å². The number of carbonyl (C=O) groups excluding carboxylic acids is 7. The summed E-state index contributed by atoms with van der Waals surface area (Å²) in [4.78, 5) is 102. The van der Waals surface area contributed by atoms with Crippen molar-refractivity contribution in [2.75, 3.05) is 190 Å². The molecule has 6 amide bonds. The van der Waals surface area contributed by atoms with Crippen LogP contribution in [0.2, 0.25) is 0 Å². The molecule has 0 saturated carbocycles. The van der Waals surface area contributed by atoms with Gasteiger partial charge in [-0.3, -0.25) is 43.3 Å². The molecule has 30 nitrogen and oxygen atoms in total. The number of amides is 6. The number of aliphatic imine (C=N–C) groups is 1. The topological polar surface area (TPSA) is 393 Å². The normalized spacial score (nSPS) is 12.2. The molecular formula is C58H88N8O22. The maximum atomic E-state index is 13.0. The molecular weight excluding hydrogens is 1160 g/mol. The van der Waals surface area contributed by atoms with Gasteiger partial charge in [0.1, 0.15) is 11.8 Å². The van der Waals surface area contributed by atoms with Gasteiger partial charge in [0.15, 0.2) is 11.7 Å². The van der Waals surface area contributed by atoms with Gasteiger partial charge in [0, 0.05) is 68.7 Å². The van der Waals surface area contributed by atoms with E-state index < -0.39 is 42.1 Å². The van der Waals surface area contributed by atoms with Crippen molar-refractivity contribution in [3.05, 3.63) is 66.2 Å². The van der Waals surface area contributed by atoms with Crippen LogP contribution in [0.1, 0.15) is 48.9 Å². The molecule has 0 aromatic heterocycles. The number of ether oxygens (including phenoxy) is 13. The fraction of sp³-hybridized carbons (Fsp3) is 0.603. The molecule has 1 heterocycles. The average molecular weight is 1250 g/mol. The molecule has 0 radical (unpaired) electrons. The molecule has 1 atom stereocenters. The Labute approximate surface area is 512 Å². The van der Waals surface area contributed by atoms with Crippen LogP contribution in [-0.4, -0.2) is 254 Å². The average Bonchev–Trinajstić information content (AvgIpc) is 4.07. The molecule has 2 aromatic carbocycles. The predicted molar refractivity (Wildman–Crippen MR) is 316 cm³/mol. The minimum Gasteiger partial charge on any atom is -0.494 e. The molecule has 0 spiro atoms. The Morgan fingerprint density at radius 1 is 0.500 bits per heavy atom. The summed E-state index contributed by atoms with van der Waals surface area (Å²) in [6.45, 7) is 10.7. The van der Waals surface area contributed by atoms with Gasteiger partial charge >= 0.3 is 5.97 Å². The van der Waals surface area contributed by atoms with Gasteiger partial charge < -0.3 is 99.4 Å². The number of aliphatic carboxylic acids is 1. The van der Waals surface area contributed by atoms with Crippen molar-refractivity contribution >= 4 is 64.5 Å². The number of Topliss-reactive ketones (excluding diaryl/α,β-unsaturated/α-hetero) is 1. The number of anilines is 1. The largest absolute Gasteiger partial charge is 0.494 e. The third-order valence-electron chi connectivity index (χ3n) is 11.7. The number of rotatable bonds is 57. The van der Waals surface area contributed by atoms with Gasteiger partial charge in [0.2, 0.25) is 23.6 Å². The maximum Gasteiger partial charge on any atom is 0.305 e. The zero-order chi connectivity index (χ0) is 63.5. The molecule has 30 heteroatoms. The molecule has 492 valence electrons. The zero-order valence-corrected chi connectivity index (χ0v) is 50.0. The first-order chi connectivity index (χ1) is 42.8. The highest BCUT2D eigenvalue weighted by molar-refractivity contribution is 6.13. The standard InChI is InChI=1S/C58H88N8O22/c59-58(60)64-47-4-1-3-45(43-47)50(67)9-10-53(70)65-49(44-56(73)74)57(75)63-46-5-7-48(8-6-46)88-18-2-15-61-52(69)14-19-76-21-23-78-25-27-80-29-31-82-33-35-84-37-39-86-41-42-87-40-38-85-36-34-83-32-30-81-28-26-79-24-22-77-20-16-62-51(68)13-17-66-54(71)11-12-55(66)72/h1,3-8,11-12,43,49H,2,9-10,13-42,44H2,(H,61,69)(H,62,68)(H,63,75)(H,65,70)(H,73,74)(H4,59,60,64)/t49-/m0/s1. The van der Waals surface area contributed by atoms with Crippen LogP contribution in [0.25, 0.3) is 0 Å². The Hall–Kier alpha value is -7.07. The Bertz CT molecular complexity index is 2360. The number of imide groups is 1. The second-order valence-electron chi connectivity index (χ2n) is 18.7. The summed E-state index contributed by atoms with van der Waals surface area (Å²) < 4.78 is 71.5. The van der Waals surface area contributed by atoms with E-state index in [0.717, 1.165) is 4.90 Å². The highest BCUT2D eigenvalue weighted by atomic mass is 16.6. The van der Waals surface area contributed by atoms with Crippen molar-refractivity contribution in [3.8, 4) is 5.75 Å². The highest BCUT2D eigenvalue weighted by Crippen LogP contribution is 2.18. The van der Waals surface area contributed by atoms with Gasteiger partial charge in [-0.25, -0.2) is 4.99 Å². The Morgan fingerprint density at radius 3 is 1.41 bits per heavy atom. The first-order valence-electron chi connectivity index (χ1n) is 29.1. The van der Waals surface area contributed by atoms with Crippen molar-refractivity contribution in [2.24, 2.45) is 16.5 Å². The van der Waals surface area contributed by atoms with E-state index in [0.29, 0.717) is 195 Å². The SMILES string of the molecule is NC(N)=Nc1cccc(C(=O)CCC(=O)N[C@@H](CC(=O)O)C(=O)Nc2ccc(OCCCNC(=O)CCOCCOCCOCCOCCOCCOCCOCCOCCOCCOCCOCCOCCNC(=O)CCN3C(=O)C=CC3=O)cc2)c1. The lowest BCUT2D eigenvalue weighted by atomic mass is 10.1. The molecule has 0 unspecified atom stereocenters. The van der Waals surface area contributed by atoms with Crippen molar-refractivity contribution in [2.45, 2.75) is 44.6 Å². The van der Waals surface area contributed by atoms with Crippen LogP contribution in [-0.2, 0) is 90.4 Å². The number of nitrogens with zero attached hydrogens (tertiary/aromatic N) is 2. The lowest BCUT2D eigenvalue weighted by Gasteiger charge is -2.17. The van der Waals surface area contributed by atoms with Gasteiger partial charge in [-0.15, -0.1) is 0 Å². The molecule has 1 aliphatic heterocycles. The van der Waals surface area contributed by atoms with Gasteiger partial charge in [-0.2, -0.15) is 0 Å². The number of nitrogens with one attached hydrogen (secondary N) is 4. The summed E-state index contributed by atoms with van der Waals surface area (Å²) in [5.41, 5.74) is 11.8. The number of ketones is 1. The van der Waals surface area contributed by atoms with Crippen LogP contribution in [0.5, 0.6) is 5.75 Å². The predicted octanol–water partition coefficient (Wildman–Crippen LogP) is 0.0583. The van der Waals surface area contributed by atoms with Crippen molar-refractivity contribution in [1.82, 2.24) is 20.9 Å². The zero-order valence-electron chi connectivity index (χ0n) is 50.0. The molecule has 0 aliphatic carbocycles. The molecule has 88 heavy (non-hydrogen) atoms. The summed E-state index contributed by atoms with van der Waals surface area (Å²) in [6, 6.07) is 11.1. The van der Waals surface area contributed by atoms with E-state index in [9.17, 15) is 43.5 Å². The number of carboxylic acids is 1. The summed E-state index contributed by atoms with van der Waals surface area (Å²) in [5, 5.41) is 19.8. The number of carbonyl (C=O) groups is 8. The van der Waals surface area contributed by atoms with E-state index in [4.69, 9.17) is 73.0 Å². The van der Waals surface area contributed by atoms with Crippen LogP contribution in [0.3, 0.4) is 0 Å². The highest BCUT2D eigenvalue weighted by Gasteiger charge is 2.25. The van der Waals surface area contributed by atoms with E-state index in [1.165, 1.54) is 18.2 Å². The number of hydrogen-bond acceptors (Lipinski definition) is 22. The first kappa shape index (κ1) is 75.2. The van der Waals surface area contributed by atoms with Crippen molar-refractivity contribution < 1.29 is 105 Å². The third kappa shape index (κ3) is 39.7. The van der Waals surface area contributed by atoms with Crippen LogP contribution < -0.4 is 37.5 Å². The molecule has 9 N–H and O–H groups in total.